The molecule has 0 aliphatic rings. The van der Waals surface area contributed by atoms with Gasteiger partial charge in [0.2, 0.25) is 0 Å². The Kier molecular flexibility index (Phi) is 4.70. The van der Waals surface area contributed by atoms with Gasteiger partial charge in [0, 0.05) is 5.69 Å². The van der Waals surface area contributed by atoms with E-state index in [4.69, 9.17) is 4.74 Å². The summed E-state index contributed by atoms with van der Waals surface area (Å²) < 4.78 is 5.17. The summed E-state index contributed by atoms with van der Waals surface area (Å²) in [5, 5.41) is 2.64. The minimum absolute atomic E-state index is 0.475. The summed E-state index contributed by atoms with van der Waals surface area (Å²) >= 11 is 0. The summed E-state index contributed by atoms with van der Waals surface area (Å²) in [5.41, 5.74) is 0.471. The van der Waals surface area contributed by atoms with Crippen molar-refractivity contribution in [2.24, 2.45) is 5.92 Å². The highest BCUT2D eigenvalue weighted by molar-refractivity contribution is 5.83. The lowest BCUT2D eigenvalue weighted by Crippen LogP contribution is -2.27. The maximum atomic E-state index is 11.6. The van der Waals surface area contributed by atoms with Crippen LogP contribution in [-0.2, 0) is 11.2 Å². The Morgan fingerprint density at radius 2 is 2.06 bits per heavy atom. The van der Waals surface area contributed by atoms with Gasteiger partial charge >= 0.3 is 6.09 Å². The monoisotopic (exact) mass is 250 g/mol. The van der Waals surface area contributed by atoms with Crippen LogP contribution in [-0.4, -0.2) is 16.7 Å². The van der Waals surface area contributed by atoms with E-state index in [1.54, 1.807) is 6.07 Å². The zero-order valence-corrected chi connectivity index (χ0v) is 11.8. The summed E-state index contributed by atoms with van der Waals surface area (Å²) in [4.78, 5) is 16.0. The molecule has 18 heavy (non-hydrogen) atoms. The second-order valence-corrected chi connectivity index (χ2v) is 5.74. The van der Waals surface area contributed by atoms with Crippen molar-refractivity contribution in [2.75, 3.05) is 5.32 Å². The van der Waals surface area contributed by atoms with Crippen molar-refractivity contribution < 1.29 is 9.53 Å². The molecule has 0 radical (unpaired) electrons. The van der Waals surface area contributed by atoms with E-state index in [9.17, 15) is 4.79 Å². The van der Waals surface area contributed by atoms with Crippen LogP contribution in [0.5, 0.6) is 0 Å². The fraction of sp³-hybridized carbons (Fsp3) is 0.571. The number of hydrogen-bond acceptors (Lipinski definition) is 3. The number of pyridine rings is 1. The standard InChI is InChI=1S/C14H22N2O2/c1-10(2)9-11-7-6-8-12(15-11)16-13(17)18-14(3,4)5/h6-8,10H,9H2,1-5H3,(H,15,16,17). The molecule has 0 atom stereocenters. The first-order valence-corrected chi connectivity index (χ1v) is 6.22. The van der Waals surface area contributed by atoms with E-state index in [0.29, 0.717) is 11.7 Å². The summed E-state index contributed by atoms with van der Waals surface area (Å²) in [6.45, 7) is 9.75. The van der Waals surface area contributed by atoms with E-state index < -0.39 is 11.7 Å². The Hall–Kier alpha value is -1.58. The average molecular weight is 250 g/mol. The van der Waals surface area contributed by atoms with Crippen LogP contribution in [0.2, 0.25) is 0 Å². The molecule has 0 fully saturated rings. The highest BCUT2D eigenvalue weighted by Gasteiger charge is 2.16. The zero-order chi connectivity index (χ0) is 13.8. The van der Waals surface area contributed by atoms with Crippen LogP contribution in [0.3, 0.4) is 0 Å². The smallest absolute Gasteiger partial charge is 0.413 e. The molecule has 1 rings (SSSR count). The number of amides is 1. The van der Waals surface area contributed by atoms with Crippen LogP contribution in [0.4, 0.5) is 10.6 Å². The summed E-state index contributed by atoms with van der Waals surface area (Å²) in [7, 11) is 0. The highest BCUT2D eigenvalue weighted by Crippen LogP contribution is 2.12. The molecule has 4 heteroatoms. The second-order valence-electron chi connectivity index (χ2n) is 5.74. The summed E-state index contributed by atoms with van der Waals surface area (Å²) in [5.74, 6) is 1.07. The van der Waals surface area contributed by atoms with Crippen LogP contribution in [0, 0.1) is 5.92 Å². The van der Waals surface area contributed by atoms with Gasteiger partial charge in [0.05, 0.1) is 0 Å². The first-order valence-electron chi connectivity index (χ1n) is 6.22. The van der Waals surface area contributed by atoms with Crippen molar-refractivity contribution in [3.8, 4) is 0 Å². The molecule has 0 aliphatic heterocycles. The third-order valence-corrected chi connectivity index (χ3v) is 2.05. The molecule has 0 aromatic carbocycles. The van der Waals surface area contributed by atoms with Crippen molar-refractivity contribution >= 4 is 11.9 Å². The molecule has 0 bridgehead atoms. The molecule has 4 nitrogen and oxygen atoms in total. The molecule has 1 aromatic heterocycles. The molecule has 100 valence electrons. The fourth-order valence-corrected chi connectivity index (χ4v) is 1.49. The molecular weight excluding hydrogens is 228 g/mol. The second kappa shape index (κ2) is 5.85. The number of aromatic nitrogens is 1. The van der Waals surface area contributed by atoms with Gasteiger partial charge in [-0.05, 0) is 45.2 Å². The van der Waals surface area contributed by atoms with Gasteiger partial charge in [0.15, 0.2) is 0 Å². The van der Waals surface area contributed by atoms with E-state index in [1.807, 2.05) is 32.9 Å². The SMILES string of the molecule is CC(C)Cc1cccc(NC(=O)OC(C)(C)C)n1. The van der Waals surface area contributed by atoms with Gasteiger partial charge in [0.1, 0.15) is 11.4 Å². The molecule has 0 saturated carbocycles. The van der Waals surface area contributed by atoms with Gasteiger partial charge in [-0.2, -0.15) is 0 Å². The molecule has 1 N–H and O–H groups in total. The predicted molar refractivity (Wildman–Crippen MR) is 72.6 cm³/mol. The molecular formula is C14H22N2O2. The number of anilines is 1. The van der Waals surface area contributed by atoms with Crippen molar-refractivity contribution in [2.45, 2.75) is 46.6 Å². The van der Waals surface area contributed by atoms with Crippen molar-refractivity contribution in [3.63, 3.8) is 0 Å². The molecule has 0 saturated heterocycles. The Morgan fingerprint density at radius 3 is 2.61 bits per heavy atom. The molecule has 0 aliphatic carbocycles. The van der Waals surface area contributed by atoms with E-state index in [0.717, 1.165) is 12.1 Å². The van der Waals surface area contributed by atoms with Gasteiger partial charge in [-0.25, -0.2) is 9.78 Å². The Labute approximate surface area is 109 Å². The van der Waals surface area contributed by atoms with E-state index in [1.165, 1.54) is 0 Å². The van der Waals surface area contributed by atoms with Crippen molar-refractivity contribution in [3.05, 3.63) is 23.9 Å². The number of hydrogen-bond donors (Lipinski definition) is 1. The lowest BCUT2D eigenvalue weighted by atomic mass is 10.1. The maximum absolute atomic E-state index is 11.6. The van der Waals surface area contributed by atoms with Crippen LogP contribution in [0.25, 0.3) is 0 Å². The van der Waals surface area contributed by atoms with Gasteiger partial charge in [-0.1, -0.05) is 19.9 Å². The van der Waals surface area contributed by atoms with E-state index in [2.05, 4.69) is 24.1 Å². The lowest BCUT2D eigenvalue weighted by molar-refractivity contribution is 0.0635. The number of nitrogens with one attached hydrogen (secondary N) is 1. The van der Waals surface area contributed by atoms with Gasteiger partial charge in [0.25, 0.3) is 0 Å². The Bertz CT molecular complexity index is 409. The summed E-state index contributed by atoms with van der Waals surface area (Å²) in [6.07, 6.45) is 0.417. The summed E-state index contributed by atoms with van der Waals surface area (Å²) in [6, 6.07) is 5.60. The third kappa shape index (κ3) is 5.66. The molecule has 1 heterocycles. The number of carbonyl (C=O) groups excluding carboxylic acids is 1. The average Bonchev–Trinajstić information content (AvgIpc) is 2.13. The molecule has 0 spiro atoms. The molecule has 0 unspecified atom stereocenters. The van der Waals surface area contributed by atoms with Crippen molar-refractivity contribution in [1.82, 2.24) is 4.98 Å². The van der Waals surface area contributed by atoms with E-state index in [-0.39, 0.29) is 0 Å². The minimum Gasteiger partial charge on any atom is -0.444 e. The minimum atomic E-state index is -0.500. The van der Waals surface area contributed by atoms with Crippen LogP contribution in [0.15, 0.2) is 18.2 Å². The number of rotatable bonds is 3. The quantitative estimate of drug-likeness (QED) is 0.891. The lowest BCUT2D eigenvalue weighted by Gasteiger charge is -2.19. The fourth-order valence-electron chi connectivity index (χ4n) is 1.49. The first-order chi connectivity index (χ1) is 8.26. The third-order valence-electron chi connectivity index (χ3n) is 2.05. The normalized spacial score (nSPS) is 11.4. The highest BCUT2D eigenvalue weighted by atomic mass is 16.6. The largest absolute Gasteiger partial charge is 0.444 e. The molecule has 1 aromatic rings. The van der Waals surface area contributed by atoms with Gasteiger partial charge in [-0.15, -0.1) is 0 Å². The number of carbonyl (C=O) groups is 1. The number of ether oxygens (including phenoxy) is 1. The first kappa shape index (κ1) is 14.5. The Balaban J connectivity index is 2.65. The zero-order valence-electron chi connectivity index (χ0n) is 11.8. The van der Waals surface area contributed by atoms with Gasteiger partial charge in [-0.3, -0.25) is 5.32 Å². The van der Waals surface area contributed by atoms with Crippen LogP contribution < -0.4 is 5.32 Å². The Morgan fingerprint density at radius 1 is 1.39 bits per heavy atom. The van der Waals surface area contributed by atoms with Crippen LogP contribution in [0.1, 0.15) is 40.3 Å². The number of nitrogens with zero attached hydrogens (tertiary/aromatic N) is 1. The van der Waals surface area contributed by atoms with Gasteiger partial charge < -0.3 is 4.74 Å². The van der Waals surface area contributed by atoms with Crippen molar-refractivity contribution in [1.29, 1.82) is 0 Å². The van der Waals surface area contributed by atoms with Crippen LogP contribution >= 0.6 is 0 Å². The maximum Gasteiger partial charge on any atom is 0.413 e. The predicted octanol–water partition coefficient (Wildman–Crippen LogP) is 3.63. The topological polar surface area (TPSA) is 51.2 Å². The molecule has 1 amide bonds. The van der Waals surface area contributed by atoms with E-state index >= 15 is 0 Å².